The molecule has 0 atom stereocenters. The highest BCUT2D eigenvalue weighted by atomic mass is 35.5. The van der Waals surface area contributed by atoms with Crippen molar-refractivity contribution in [2.45, 2.75) is 6.54 Å². The van der Waals surface area contributed by atoms with Crippen LogP contribution in [0.4, 0.5) is 0 Å². The fourth-order valence-electron chi connectivity index (χ4n) is 2.31. The van der Waals surface area contributed by atoms with E-state index in [9.17, 15) is 9.59 Å². The highest BCUT2D eigenvalue weighted by molar-refractivity contribution is 6.31. The zero-order valence-corrected chi connectivity index (χ0v) is 16.2. The molecule has 0 saturated heterocycles. The molecule has 28 heavy (non-hydrogen) atoms. The standard InChI is InChI=1S/C19H21ClN4O4/c1-23-17(25)10-28-16-7-11(18(21)22)3-4-12(16)9-24-19(26)13-5-14(20)8-15(6-13)27-2/h3-8H,9-10H2,1-2H3,(H3,21,22)(H,23,25)(H,24,26). The van der Waals surface area contributed by atoms with Gasteiger partial charge in [0.25, 0.3) is 11.8 Å². The number of halogens is 1. The van der Waals surface area contributed by atoms with Crippen molar-refractivity contribution < 1.29 is 19.1 Å². The van der Waals surface area contributed by atoms with Gasteiger partial charge in [-0.3, -0.25) is 15.0 Å². The molecule has 0 heterocycles. The number of benzene rings is 2. The van der Waals surface area contributed by atoms with E-state index in [1.54, 1.807) is 30.3 Å². The Bertz CT molecular complexity index is 901. The van der Waals surface area contributed by atoms with Gasteiger partial charge in [-0.2, -0.15) is 0 Å². The van der Waals surface area contributed by atoms with Crippen molar-refractivity contribution in [2.24, 2.45) is 5.73 Å². The van der Waals surface area contributed by atoms with Gasteiger partial charge in [-0.1, -0.05) is 23.7 Å². The normalized spacial score (nSPS) is 10.1. The maximum atomic E-state index is 12.5. The molecule has 0 fully saturated rings. The third-order valence-electron chi connectivity index (χ3n) is 3.82. The van der Waals surface area contributed by atoms with Crippen LogP contribution < -0.4 is 25.8 Å². The largest absolute Gasteiger partial charge is 0.497 e. The van der Waals surface area contributed by atoms with Crippen molar-refractivity contribution in [2.75, 3.05) is 20.8 Å². The zero-order valence-electron chi connectivity index (χ0n) is 15.5. The van der Waals surface area contributed by atoms with E-state index in [1.165, 1.54) is 20.2 Å². The van der Waals surface area contributed by atoms with E-state index in [2.05, 4.69) is 10.6 Å². The van der Waals surface area contributed by atoms with Gasteiger partial charge in [0.05, 0.1) is 7.11 Å². The average Bonchev–Trinajstić information content (AvgIpc) is 2.69. The van der Waals surface area contributed by atoms with Crippen LogP contribution in [-0.2, 0) is 11.3 Å². The first-order valence-electron chi connectivity index (χ1n) is 8.27. The molecular weight excluding hydrogens is 384 g/mol. The molecule has 2 aromatic rings. The average molecular weight is 405 g/mol. The van der Waals surface area contributed by atoms with Gasteiger partial charge in [0.1, 0.15) is 17.3 Å². The molecule has 5 N–H and O–H groups in total. The van der Waals surface area contributed by atoms with Crippen molar-refractivity contribution in [3.8, 4) is 11.5 Å². The summed E-state index contributed by atoms with van der Waals surface area (Å²) in [4.78, 5) is 23.9. The highest BCUT2D eigenvalue weighted by Gasteiger charge is 2.13. The predicted octanol–water partition coefficient (Wildman–Crippen LogP) is 1.69. The first-order chi connectivity index (χ1) is 13.3. The molecule has 148 valence electrons. The Hall–Kier alpha value is -3.26. The minimum atomic E-state index is -0.353. The van der Waals surface area contributed by atoms with E-state index in [1.807, 2.05) is 0 Å². The summed E-state index contributed by atoms with van der Waals surface area (Å²) < 4.78 is 10.6. The maximum Gasteiger partial charge on any atom is 0.257 e. The lowest BCUT2D eigenvalue weighted by molar-refractivity contribution is -0.122. The number of amides is 2. The van der Waals surface area contributed by atoms with Gasteiger partial charge in [-0.25, -0.2) is 0 Å². The maximum absolute atomic E-state index is 12.5. The summed E-state index contributed by atoms with van der Waals surface area (Å²) in [6.45, 7) is -0.0702. The first-order valence-corrected chi connectivity index (χ1v) is 8.65. The summed E-state index contributed by atoms with van der Waals surface area (Å²) >= 11 is 6.00. The number of rotatable bonds is 8. The summed E-state index contributed by atoms with van der Waals surface area (Å²) in [6.07, 6.45) is 0. The smallest absolute Gasteiger partial charge is 0.257 e. The van der Waals surface area contributed by atoms with Gasteiger partial charge in [-0.15, -0.1) is 0 Å². The lowest BCUT2D eigenvalue weighted by atomic mass is 10.1. The quantitative estimate of drug-likeness (QED) is 0.393. The van der Waals surface area contributed by atoms with E-state index < -0.39 is 0 Å². The molecule has 0 aliphatic rings. The Labute approximate surface area is 167 Å². The Morgan fingerprint density at radius 2 is 1.93 bits per heavy atom. The first kappa shape index (κ1) is 21.0. The van der Waals surface area contributed by atoms with Gasteiger partial charge in [0, 0.05) is 35.3 Å². The van der Waals surface area contributed by atoms with Crippen molar-refractivity contribution in [3.63, 3.8) is 0 Å². The number of hydrogen-bond donors (Lipinski definition) is 4. The third kappa shape index (κ3) is 5.62. The van der Waals surface area contributed by atoms with Crippen LogP contribution in [0.2, 0.25) is 5.02 Å². The summed E-state index contributed by atoms with van der Waals surface area (Å²) in [5.41, 5.74) is 6.92. The molecule has 2 rings (SSSR count). The molecule has 0 spiro atoms. The highest BCUT2D eigenvalue weighted by Crippen LogP contribution is 2.22. The van der Waals surface area contributed by atoms with Crippen molar-refractivity contribution in [3.05, 3.63) is 58.1 Å². The number of hydrogen-bond acceptors (Lipinski definition) is 5. The summed E-state index contributed by atoms with van der Waals surface area (Å²) in [7, 11) is 2.98. The SMILES string of the molecule is CNC(=O)COc1cc(C(=N)N)ccc1CNC(=O)c1cc(Cl)cc(OC)c1. The fraction of sp³-hybridized carbons (Fsp3) is 0.211. The number of carbonyl (C=O) groups is 2. The molecular formula is C19H21ClN4O4. The zero-order chi connectivity index (χ0) is 20.7. The number of nitrogens with one attached hydrogen (secondary N) is 3. The van der Waals surface area contributed by atoms with Crippen molar-refractivity contribution in [1.29, 1.82) is 5.41 Å². The molecule has 0 aliphatic heterocycles. The van der Waals surface area contributed by atoms with Crippen LogP contribution in [0.25, 0.3) is 0 Å². The molecule has 0 unspecified atom stereocenters. The van der Waals surface area contributed by atoms with Crippen LogP contribution in [0.15, 0.2) is 36.4 Å². The van der Waals surface area contributed by atoms with Gasteiger partial charge in [-0.05, 0) is 24.3 Å². The molecule has 0 aromatic heterocycles. The molecule has 0 bridgehead atoms. The van der Waals surface area contributed by atoms with Gasteiger partial charge < -0.3 is 25.8 Å². The Kier molecular flexibility index (Phi) is 7.22. The summed E-state index contributed by atoms with van der Waals surface area (Å²) in [5.74, 6) is 0.0210. The van der Waals surface area contributed by atoms with Crippen LogP contribution in [0.1, 0.15) is 21.5 Å². The number of likely N-dealkylation sites (N-methyl/N-ethyl adjacent to an activating group) is 1. The third-order valence-corrected chi connectivity index (χ3v) is 4.04. The number of nitrogens with two attached hydrogens (primary N) is 1. The van der Waals surface area contributed by atoms with E-state index in [0.717, 1.165) is 0 Å². The minimum absolute atomic E-state index is 0.133. The molecule has 2 amide bonds. The van der Waals surface area contributed by atoms with Gasteiger partial charge in [0.15, 0.2) is 6.61 Å². The Balaban J connectivity index is 2.17. The number of methoxy groups -OCH3 is 1. The van der Waals surface area contributed by atoms with Crippen LogP contribution >= 0.6 is 11.6 Å². The topological polar surface area (TPSA) is 127 Å². The molecule has 0 radical (unpaired) electrons. The van der Waals surface area contributed by atoms with E-state index in [0.29, 0.717) is 33.2 Å². The molecule has 8 nitrogen and oxygen atoms in total. The second kappa shape index (κ2) is 9.61. The lowest BCUT2D eigenvalue weighted by Gasteiger charge is -2.14. The van der Waals surface area contributed by atoms with Gasteiger partial charge in [0.2, 0.25) is 0 Å². The van der Waals surface area contributed by atoms with E-state index in [4.69, 9.17) is 32.2 Å². The monoisotopic (exact) mass is 404 g/mol. The minimum Gasteiger partial charge on any atom is -0.497 e. The number of carbonyl (C=O) groups excluding carboxylic acids is 2. The summed E-state index contributed by atoms with van der Waals surface area (Å²) in [5, 5.41) is 13.1. The van der Waals surface area contributed by atoms with E-state index in [-0.39, 0.29) is 30.8 Å². The predicted molar refractivity (Wildman–Crippen MR) is 106 cm³/mol. The number of amidine groups is 1. The Morgan fingerprint density at radius 3 is 2.57 bits per heavy atom. The molecule has 0 aliphatic carbocycles. The van der Waals surface area contributed by atoms with Crippen LogP contribution in [0.5, 0.6) is 11.5 Å². The van der Waals surface area contributed by atoms with Gasteiger partial charge >= 0.3 is 0 Å². The molecule has 2 aromatic carbocycles. The van der Waals surface area contributed by atoms with Crippen molar-refractivity contribution in [1.82, 2.24) is 10.6 Å². The fourth-order valence-corrected chi connectivity index (χ4v) is 2.53. The number of ether oxygens (including phenoxy) is 2. The molecule has 9 heteroatoms. The second-order valence-corrected chi connectivity index (χ2v) is 6.20. The second-order valence-electron chi connectivity index (χ2n) is 5.76. The molecule has 0 saturated carbocycles. The number of nitrogen functional groups attached to an aromatic ring is 1. The Morgan fingerprint density at radius 1 is 1.18 bits per heavy atom. The van der Waals surface area contributed by atoms with Crippen LogP contribution in [-0.4, -0.2) is 38.4 Å². The lowest BCUT2D eigenvalue weighted by Crippen LogP contribution is -2.26. The van der Waals surface area contributed by atoms with Crippen molar-refractivity contribution >= 4 is 29.3 Å². The van der Waals surface area contributed by atoms with Crippen LogP contribution in [0.3, 0.4) is 0 Å². The van der Waals surface area contributed by atoms with E-state index >= 15 is 0 Å². The van der Waals surface area contributed by atoms with Crippen LogP contribution in [0, 0.1) is 5.41 Å². The summed E-state index contributed by atoms with van der Waals surface area (Å²) in [6, 6.07) is 9.57.